The molecule has 0 aromatic carbocycles. The van der Waals surface area contributed by atoms with Crippen molar-refractivity contribution in [3.63, 3.8) is 0 Å². The summed E-state index contributed by atoms with van der Waals surface area (Å²) in [6.07, 6.45) is 7.26. The van der Waals surface area contributed by atoms with Gasteiger partial charge >= 0.3 is 0 Å². The molecule has 0 aliphatic carbocycles. The van der Waals surface area contributed by atoms with E-state index >= 15 is 0 Å². The average Bonchev–Trinajstić information content (AvgIpc) is 2.97. The Morgan fingerprint density at radius 2 is 2.42 bits per heavy atom. The zero-order valence-electron chi connectivity index (χ0n) is 11.0. The molecule has 0 spiro atoms. The van der Waals surface area contributed by atoms with E-state index in [0.717, 1.165) is 30.9 Å². The van der Waals surface area contributed by atoms with Crippen molar-refractivity contribution in [3.8, 4) is 0 Å². The molecule has 2 aliphatic rings. The van der Waals surface area contributed by atoms with E-state index in [9.17, 15) is 4.79 Å². The van der Waals surface area contributed by atoms with Gasteiger partial charge < -0.3 is 10.2 Å². The summed E-state index contributed by atoms with van der Waals surface area (Å²) < 4.78 is 0. The number of fused-ring (bicyclic) bond motifs is 1. The summed E-state index contributed by atoms with van der Waals surface area (Å²) in [6.45, 7) is 2.96. The molecule has 2 saturated heterocycles. The maximum Gasteiger partial charge on any atom is 0.246 e. The van der Waals surface area contributed by atoms with Crippen LogP contribution in [0.15, 0.2) is 23.6 Å². The minimum Gasteiger partial charge on any atom is -0.339 e. The summed E-state index contributed by atoms with van der Waals surface area (Å²) in [4.78, 5) is 15.3. The Morgan fingerprint density at radius 3 is 3.26 bits per heavy atom. The first kappa shape index (κ1) is 12.9. The number of carbonyl (C=O) groups is 1. The molecule has 1 amide bonds. The van der Waals surface area contributed by atoms with E-state index in [2.05, 4.69) is 5.32 Å². The minimum atomic E-state index is 0.164. The third kappa shape index (κ3) is 3.07. The maximum absolute atomic E-state index is 12.2. The van der Waals surface area contributed by atoms with E-state index in [1.165, 1.54) is 12.8 Å². The number of carbonyl (C=O) groups excluding carboxylic acids is 1. The van der Waals surface area contributed by atoms with Crippen molar-refractivity contribution in [2.45, 2.75) is 25.3 Å². The van der Waals surface area contributed by atoms with Crippen molar-refractivity contribution in [1.29, 1.82) is 0 Å². The topological polar surface area (TPSA) is 32.3 Å². The van der Waals surface area contributed by atoms with E-state index in [1.54, 1.807) is 17.4 Å². The fourth-order valence-electron chi connectivity index (χ4n) is 3.09. The summed E-state index contributed by atoms with van der Waals surface area (Å²) >= 11 is 1.66. The molecule has 2 fully saturated rings. The number of piperidine rings is 2. The molecule has 0 unspecified atom stereocenters. The van der Waals surface area contributed by atoms with Gasteiger partial charge in [0.05, 0.1) is 0 Å². The van der Waals surface area contributed by atoms with Crippen LogP contribution >= 0.6 is 11.3 Å². The molecule has 3 rings (SSSR count). The van der Waals surface area contributed by atoms with Crippen molar-refractivity contribution in [2.75, 3.05) is 19.6 Å². The monoisotopic (exact) mass is 276 g/mol. The fourth-order valence-corrected chi connectivity index (χ4v) is 3.71. The second-order valence-electron chi connectivity index (χ2n) is 5.38. The highest BCUT2D eigenvalue weighted by molar-refractivity contribution is 7.10. The SMILES string of the molecule is O=C(/C=C/c1cccs1)N1CC[C@H]2NCCC[C@@H]2C1. The average molecular weight is 276 g/mol. The Labute approximate surface area is 118 Å². The van der Waals surface area contributed by atoms with Crippen LogP contribution in [0.1, 0.15) is 24.1 Å². The van der Waals surface area contributed by atoms with Crippen molar-refractivity contribution in [1.82, 2.24) is 10.2 Å². The number of rotatable bonds is 2. The highest BCUT2D eigenvalue weighted by atomic mass is 32.1. The number of hydrogen-bond acceptors (Lipinski definition) is 3. The molecule has 2 atom stereocenters. The highest BCUT2D eigenvalue weighted by Gasteiger charge is 2.32. The lowest BCUT2D eigenvalue weighted by Crippen LogP contribution is -2.53. The molecule has 0 radical (unpaired) electrons. The molecular formula is C15H20N2OS. The first-order valence-electron chi connectivity index (χ1n) is 7.07. The Kier molecular flexibility index (Phi) is 3.99. The van der Waals surface area contributed by atoms with Gasteiger partial charge in [-0.1, -0.05) is 6.07 Å². The van der Waals surface area contributed by atoms with E-state index in [0.29, 0.717) is 12.0 Å². The highest BCUT2D eigenvalue weighted by Crippen LogP contribution is 2.25. The van der Waals surface area contributed by atoms with E-state index in [4.69, 9.17) is 0 Å². The van der Waals surface area contributed by atoms with Crippen molar-refractivity contribution in [3.05, 3.63) is 28.5 Å². The lowest BCUT2D eigenvalue weighted by Gasteiger charge is -2.41. The van der Waals surface area contributed by atoms with Crippen LogP contribution < -0.4 is 5.32 Å². The van der Waals surface area contributed by atoms with Gasteiger partial charge in [0.15, 0.2) is 0 Å². The molecule has 1 aromatic rings. The predicted molar refractivity (Wildman–Crippen MR) is 79.1 cm³/mol. The van der Waals surface area contributed by atoms with Gasteiger partial charge in [0.1, 0.15) is 0 Å². The summed E-state index contributed by atoms with van der Waals surface area (Å²) in [5.74, 6) is 0.819. The third-order valence-corrected chi connectivity index (χ3v) is 4.97. The molecule has 3 nitrogen and oxygen atoms in total. The first-order chi connectivity index (χ1) is 9.33. The first-order valence-corrected chi connectivity index (χ1v) is 7.95. The summed E-state index contributed by atoms with van der Waals surface area (Å²) in [5.41, 5.74) is 0. The lowest BCUT2D eigenvalue weighted by molar-refractivity contribution is -0.128. The molecule has 102 valence electrons. The van der Waals surface area contributed by atoms with E-state index < -0.39 is 0 Å². The quantitative estimate of drug-likeness (QED) is 0.841. The second kappa shape index (κ2) is 5.88. The van der Waals surface area contributed by atoms with E-state index in [-0.39, 0.29) is 5.91 Å². The Bertz CT molecular complexity index is 455. The Morgan fingerprint density at radius 1 is 1.47 bits per heavy atom. The van der Waals surface area contributed by atoms with Crippen LogP contribution in [0.2, 0.25) is 0 Å². The molecule has 1 N–H and O–H groups in total. The van der Waals surface area contributed by atoms with Crippen LogP contribution in [0.3, 0.4) is 0 Å². The molecule has 3 heterocycles. The van der Waals surface area contributed by atoms with Gasteiger partial charge in [-0.25, -0.2) is 0 Å². The molecule has 0 saturated carbocycles. The molecular weight excluding hydrogens is 256 g/mol. The van der Waals surface area contributed by atoms with Gasteiger partial charge in [0.25, 0.3) is 0 Å². The number of thiophene rings is 1. The van der Waals surface area contributed by atoms with Gasteiger partial charge in [-0.15, -0.1) is 11.3 Å². The van der Waals surface area contributed by atoms with Crippen molar-refractivity contribution in [2.24, 2.45) is 5.92 Å². The van der Waals surface area contributed by atoms with Crippen LogP contribution in [0.25, 0.3) is 6.08 Å². The predicted octanol–water partition coefficient (Wildman–Crippen LogP) is 2.36. The molecule has 2 aliphatic heterocycles. The summed E-state index contributed by atoms with van der Waals surface area (Å²) in [5, 5.41) is 5.61. The second-order valence-corrected chi connectivity index (χ2v) is 6.36. The largest absolute Gasteiger partial charge is 0.339 e. The van der Waals surface area contributed by atoms with Crippen LogP contribution in [0.4, 0.5) is 0 Å². The standard InChI is InChI=1S/C15H20N2OS/c18-15(6-5-13-4-2-10-19-13)17-9-7-14-12(11-17)3-1-8-16-14/h2,4-6,10,12,14,16H,1,3,7-9,11H2/b6-5+/t12-,14-/m1/s1. The van der Waals surface area contributed by atoms with Crippen molar-refractivity contribution >= 4 is 23.3 Å². The van der Waals surface area contributed by atoms with Gasteiger partial charge in [-0.2, -0.15) is 0 Å². The van der Waals surface area contributed by atoms with Gasteiger partial charge in [-0.05, 0) is 49.2 Å². The van der Waals surface area contributed by atoms with Gasteiger partial charge in [0, 0.05) is 30.1 Å². The van der Waals surface area contributed by atoms with Crippen LogP contribution in [0, 0.1) is 5.92 Å². The fraction of sp³-hybridized carbons (Fsp3) is 0.533. The zero-order valence-corrected chi connectivity index (χ0v) is 11.9. The van der Waals surface area contributed by atoms with E-state index in [1.807, 2.05) is 28.5 Å². The maximum atomic E-state index is 12.2. The summed E-state index contributed by atoms with van der Waals surface area (Å²) in [6, 6.07) is 4.68. The molecule has 4 heteroatoms. The van der Waals surface area contributed by atoms with Gasteiger partial charge in [-0.3, -0.25) is 4.79 Å². The number of nitrogens with one attached hydrogen (secondary N) is 1. The van der Waals surface area contributed by atoms with Gasteiger partial charge in [0.2, 0.25) is 5.91 Å². The van der Waals surface area contributed by atoms with Crippen LogP contribution in [-0.2, 0) is 4.79 Å². The number of hydrogen-bond donors (Lipinski definition) is 1. The van der Waals surface area contributed by atoms with Crippen LogP contribution in [0.5, 0.6) is 0 Å². The Hall–Kier alpha value is -1.13. The smallest absolute Gasteiger partial charge is 0.246 e. The zero-order chi connectivity index (χ0) is 13.1. The number of amides is 1. The normalized spacial score (nSPS) is 27.5. The Balaban J connectivity index is 1.58. The number of likely N-dealkylation sites (tertiary alicyclic amines) is 1. The number of nitrogens with zero attached hydrogens (tertiary/aromatic N) is 1. The molecule has 1 aromatic heterocycles. The minimum absolute atomic E-state index is 0.164. The third-order valence-electron chi connectivity index (χ3n) is 4.14. The lowest BCUT2D eigenvalue weighted by atomic mass is 9.85. The summed E-state index contributed by atoms with van der Waals surface area (Å²) in [7, 11) is 0. The van der Waals surface area contributed by atoms with Crippen molar-refractivity contribution < 1.29 is 4.79 Å². The molecule has 0 bridgehead atoms. The molecule has 19 heavy (non-hydrogen) atoms. The van der Waals surface area contributed by atoms with Crippen LogP contribution in [-0.4, -0.2) is 36.5 Å².